The van der Waals surface area contributed by atoms with Gasteiger partial charge in [-0.05, 0) is 25.7 Å². The summed E-state index contributed by atoms with van der Waals surface area (Å²) in [4.78, 5) is 10.1. The number of thiophene rings is 1. The molecule has 1 fully saturated rings. The lowest BCUT2D eigenvalue weighted by molar-refractivity contribution is -0.384. The highest BCUT2D eigenvalue weighted by Crippen LogP contribution is 2.36. The quantitative estimate of drug-likeness (QED) is 0.648. The Kier molecular flexibility index (Phi) is 5.24. The first-order chi connectivity index (χ1) is 9.81. The summed E-state index contributed by atoms with van der Waals surface area (Å²) in [6, 6.07) is 0.832. The van der Waals surface area contributed by atoms with Crippen LogP contribution in [0.15, 0.2) is 10.3 Å². The number of nitrogens with one attached hydrogen (secondary N) is 1. The lowest BCUT2D eigenvalue weighted by atomic mass is 9.85. The molecule has 1 aromatic heterocycles. The van der Waals surface area contributed by atoms with E-state index in [0.29, 0.717) is 17.3 Å². The molecule has 1 atom stereocenters. The minimum absolute atomic E-state index is 0.109. The third-order valence-electron chi connectivity index (χ3n) is 3.81. The molecule has 1 aromatic rings. The molecule has 0 saturated heterocycles. The first-order valence-electron chi connectivity index (χ1n) is 6.77. The average molecular weight is 353 g/mol. The van der Waals surface area contributed by atoms with Crippen LogP contribution < -0.4 is 4.72 Å². The van der Waals surface area contributed by atoms with Crippen LogP contribution >= 0.6 is 22.9 Å². The Morgan fingerprint density at radius 3 is 2.57 bits per heavy atom. The molecule has 118 valence electrons. The fourth-order valence-corrected chi connectivity index (χ4v) is 5.62. The van der Waals surface area contributed by atoms with Crippen LogP contribution in [0.5, 0.6) is 0 Å². The van der Waals surface area contributed by atoms with Gasteiger partial charge in [-0.1, -0.05) is 30.9 Å². The van der Waals surface area contributed by atoms with E-state index in [1.807, 2.05) is 6.92 Å². The average Bonchev–Trinajstić information content (AvgIpc) is 2.82. The van der Waals surface area contributed by atoms with E-state index in [4.69, 9.17) is 11.6 Å². The van der Waals surface area contributed by atoms with E-state index >= 15 is 0 Å². The molecule has 1 saturated carbocycles. The second-order valence-electron chi connectivity index (χ2n) is 5.29. The van der Waals surface area contributed by atoms with Crippen LogP contribution in [0.2, 0.25) is 4.34 Å². The Hall–Kier alpha value is -0.700. The van der Waals surface area contributed by atoms with Crippen molar-refractivity contribution in [3.05, 3.63) is 20.5 Å². The first kappa shape index (κ1) is 16.7. The molecule has 0 aromatic carbocycles. The molecule has 0 aliphatic heterocycles. The standard InChI is InChI=1S/C12H17ClN2O4S2/c1-8(9-5-3-2-4-6-9)14-21(18,19)11-7-10(15(16)17)12(13)20-11/h7-9,14H,2-6H2,1H3. The molecule has 21 heavy (non-hydrogen) atoms. The van der Waals surface area contributed by atoms with E-state index in [1.165, 1.54) is 6.42 Å². The van der Waals surface area contributed by atoms with Crippen molar-refractivity contribution >= 4 is 38.6 Å². The summed E-state index contributed by atoms with van der Waals surface area (Å²) < 4.78 is 27.0. The maximum Gasteiger partial charge on any atom is 0.300 e. The third-order valence-corrected chi connectivity index (χ3v) is 7.18. The minimum Gasteiger partial charge on any atom is -0.258 e. The molecular formula is C12H17ClN2O4S2. The number of sulfonamides is 1. The summed E-state index contributed by atoms with van der Waals surface area (Å²) in [5.41, 5.74) is -0.368. The fourth-order valence-electron chi connectivity index (χ4n) is 2.63. The molecule has 9 heteroatoms. The molecule has 6 nitrogen and oxygen atoms in total. The van der Waals surface area contributed by atoms with Crippen molar-refractivity contribution in [2.24, 2.45) is 5.92 Å². The van der Waals surface area contributed by atoms with Gasteiger partial charge in [-0.15, -0.1) is 11.3 Å². The van der Waals surface area contributed by atoms with Crippen LogP contribution in [0.3, 0.4) is 0 Å². The SMILES string of the molecule is CC(NS(=O)(=O)c1cc([N+](=O)[O-])c(Cl)s1)C1CCCCC1. The molecular weight excluding hydrogens is 336 g/mol. The van der Waals surface area contributed by atoms with Gasteiger partial charge in [-0.25, -0.2) is 13.1 Å². The number of hydrogen-bond acceptors (Lipinski definition) is 5. The molecule has 0 amide bonds. The molecule has 1 unspecified atom stereocenters. The highest BCUT2D eigenvalue weighted by Gasteiger charge is 2.29. The molecule has 0 spiro atoms. The second-order valence-corrected chi connectivity index (χ2v) is 8.88. The van der Waals surface area contributed by atoms with Crippen molar-refractivity contribution in [3.63, 3.8) is 0 Å². The Bertz CT molecular complexity index is 623. The largest absolute Gasteiger partial charge is 0.300 e. The summed E-state index contributed by atoms with van der Waals surface area (Å²) in [7, 11) is -3.76. The van der Waals surface area contributed by atoms with Crippen LogP contribution in [-0.2, 0) is 10.0 Å². The number of hydrogen-bond donors (Lipinski definition) is 1. The maximum absolute atomic E-state index is 12.3. The highest BCUT2D eigenvalue weighted by atomic mass is 35.5. The van der Waals surface area contributed by atoms with E-state index in [1.54, 1.807) is 0 Å². The van der Waals surface area contributed by atoms with Crippen molar-refractivity contribution < 1.29 is 13.3 Å². The molecule has 1 N–H and O–H groups in total. The van der Waals surface area contributed by atoms with Crippen molar-refractivity contribution in [2.45, 2.75) is 49.3 Å². The van der Waals surface area contributed by atoms with Gasteiger partial charge in [0.25, 0.3) is 15.7 Å². The first-order valence-corrected chi connectivity index (χ1v) is 9.45. The number of nitrogens with zero attached hydrogens (tertiary/aromatic N) is 1. The van der Waals surface area contributed by atoms with E-state index < -0.39 is 14.9 Å². The second kappa shape index (κ2) is 6.60. The van der Waals surface area contributed by atoms with Crippen molar-refractivity contribution in [3.8, 4) is 0 Å². The summed E-state index contributed by atoms with van der Waals surface area (Å²) in [6.45, 7) is 1.84. The van der Waals surface area contributed by atoms with Crippen molar-refractivity contribution in [1.29, 1.82) is 0 Å². The van der Waals surface area contributed by atoms with Crippen molar-refractivity contribution in [2.75, 3.05) is 0 Å². The van der Waals surface area contributed by atoms with Gasteiger partial charge in [0.2, 0.25) is 0 Å². The van der Waals surface area contributed by atoms with E-state index in [-0.39, 0.29) is 20.3 Å². The summed E-state index contributed by atoms with van der Waals surface area (Å²) in [5.74, 6) is 0.318. The van der Waals surface area contributed by atoms with Crippen LogP contribution in [0, 0.1) is 16.0 Å². The number of nitro groups is 1. The topological polar surface area (TPSA) is 89.3 Å². The van der Waals surface area contributed by atoms with Gasteiger partial charge in [0.05, 0.1) is 4.92 Å². The van der Waals surface area contributed by atoms with Gasteiger partial charge in [0.1, 0.15) is 4.21 Å². The molecule has 0 radical (unpaired) electrons. The van der Waals surface area contributed by atoms with Gasteiger partial charge in [0.15, 0.2) is 4.34 Å². The number of rotatable bonds is 5. The van der Waals surface area contributed by atoms with Crippen LogP contribution in [0.4, 0.5) is 5.69 Å². The van der Waals surface area contributed by atoms with Crippen LogP contribution in [0.1, 0.15) is 39.0 Å². The zero-order valence-corrected chi connectivity index (χ0v) is 13.9. The fraction of sp³-hybridized carbons (Fsp3) is 0.667. The smallest absolute Gasteiger partial charge is 0.258 e. The predicted molar refractivity (Wildman–Crippen MR) is 82.3 cm³/mol. The molecule has 1 aliphatic rings. The lowest BCUT2D eigenvalue weighted by Gasteiger charge is -2.27. The Balaban J connectivity index is 2.14. The lowest BCUT2D eigenvalue weighted by Crippen LogP contribution is -2.38. The Labute approximate surface area is 132 Å². The Morgan fingerprint density at radius 2 is 2.05 bits per heavy atom. The molecule has 2 rings (SSSR count). The van der Waals surface area contributed by atoms with E-state index in [9.17, 15) is 18.5 Å². The van der Waals surface area contributed by atoms with Crippen LogP contribution in [-0.4, -0.2) is 19.4 Å². The summed E-state index contributed by atoms with van der Waals surface area (Å²) in [6.07, 6.45) is 5.45. The van der Waals surface area contributed by atoms with Gasteiger partial charge in [0, 0.05) is 12.1 Å². The third kappa shape index (κ3) is 3.94. The molecule has 1 heterocycles. The molecule has 0 bridgehead atoms. The monoisotopic (exact) mass is 352 g/mol. The molecule has 1 aliphatic carbocycles. The predicted octanol–water partition coefficient (Wildman–Crippen LogP) is 3.56. The van der Waals surface area contributed by atoms with Gasteiger partial charge in [-0.3, -0.25) is 10.1 Å². The summed E-state index contributed by atoms with van der Waals surface area (Å²) in [5, 5.41) is 10.7. The van der Waals surface area contributed by atoms with Crippen molar-refractivity contribution in [1.82, 2.24) is 4.72 Å². The van der Waals surface area contributed by atoms with E-state index in [0.717, 1.165) is 31.7 Å². The minimum atomic E-state index is -3.76. The van der Waals surface area contributed by atoms with Crippen LogP contribution in [0.25, 0.3) is 0 Å². The normalized spacial score (nSPS) is 18.6. The Morgan fingerprint density at radius 1 is 1.43 bits per heavy atom. The summed E-state index contributed by atoms with van der Waals surface area (Å²) >= 11 is 6.43. The van der Waals surface area contributed by atoms with E-state index in [2.05, 4.69) is 4.72 Å². The zero-order chi connectivity index (χ0) is 15.6. The number of halogens is 1. The maximum atomic E-state index is 12.3. The van der Waals surface area contributed by atoms with Gasteiger partial charge < -0.3 is 0 Å². The van der Waals surface area contributed by atoms with Gasteiger partial charge in [-0.2, -0.15) is 0 Å². The highest BCUT2D eigenvalue weighted by molar-refractivity contribution is 7.91. The van der Waals surface area contributed by atoms with Gasteiger partial charge >= 0.3 is 0 Å². The zero-order valence-electron chi connectivity index (χ0n) is 11.5.